The van der Waals surface area contributed by atoms with Gasteiger partial charge < -0.3 is 46.3 Å². The fourth-order valence-electron chi connectivity index (χ4n) is 13.3. The second-order valence-corrected chi connectivity index (χ2v) is 31.3. The lowest BCUT2D eigenvalue weighted by molar-refractivity contribution is -0.143. The van der Waals surface area contributed by atoms with Crippen LogP contribution in [0, 0.1) is 11.3 Å². The van der Waals surface area contributed by atoms with E-state index in [9.17, 15) is 59.9 Å². The van der Waals surface area contributed by atoms with Crippen molar-refractivity contribution < 1.29 is 108 Å². The molecule has 0 saturated carbocycles. The van der Waals surface area contributed by atoms with Crippen molar-refractivity contribution in [3.63, 3.8) is 0 Å². The lowest BCUT2D eigenvalue weighted by atomic mass is 10.0. The van der Waals surface area contributed by atoms with E-state index in [2.05, 4.69) is 75.5 Å². The van der Waals surface area contributed by atoms with Gasteiger partial charge in [-0.25, -0.2) is 33.6 Å². The molecule has 0 unspecified atom stereocenters. The number of alkyl halides is 6. The van der Waals surface area contributed by atoms with Crippen LogP contribution in [-0.4, -0.2) is 86.8 Å². The van der Waals surface area contributed by atoms with E-state index in [1.807, 2.05) is 207 Å². The molecule has 17 rings (SSSR count). The summed E-state index contributed by atoms with van der Waals surface area (Å²) in [6, 6.07) is 116. The van der Waals surface area contributed by atoms with Gasteiger partial charge in [-0.05, 0) is 151 Å². The van der Waals surface area contributed by atoms with Crippen molar-refractivity contribution >= 4 is 104 Å². The highest BCUT2D eigenvalue weighted by atomic mass is 35.5. The van der Waals surface area contributed by atoms with Crippen molar-refractivity contribution in [3.05, 3.63) is 518 Å². The van der Waals surface area contributed by atoms with Gasteiger partial charge in [0.05, 0.1) is 67.5 Å². The summed E-state index contributed by atoms with van der Waals surface area (Å²) in [6.45, 7) is 9.86. The Morgan fingerprint density at radius 1 is 0.366 bits per heavy atom. The van der Waals surface area contributed by atoms with Gasteiger partial charge in [0.25, 0.3) is 0 Å². The second-order valence-electron chi connectivity index (χ2n) is 30.9. The van der Waals surface area contributed by atoms with Crippen molar-refractivity contribution in [1.29, 1.82) is 5.26 Å². The molecule has 0 amide bonds. The number of hydrogen-bond acceptors (Lipinski definition) is 23. The molecule has 0 spiro atoms. The molecule has 31 heteroatoms. The Kier molecular flexibility index (Phi) is 41.7. The zero-order valence-electron chi connectivity index (χ0n) is 78.9. The molecule has 0 atom stereocenters. The smallest absolute Gasteiger partial charge is 1.00 e. The van der Waals surface area contributed by atoms with E-state index < -0.39 is 70.8 Å². The molecule has 0 bridgehead atoms. The van der Waals surface area contributed by atoms with Crippen LogP contribution in [0.5, 0.6) is 0 Å². The van der Waals surface area contributed by atoms with Crippen LogP contribution in [0.25, 0.3) is 10.8 Å². The summed E-state index contributed by atoms with van der Waals surface area (Å²) in [6.07, 6.45) is -5.25. The Hall–Kier alpha value is -18.1. The monoisotopic (exact) mass is 1990 g/mol. The summed E-state index contributed by atoms with van der Waals surface area (Å²) in [4.78, 5) is 120. The average Bonchev–Trinajstić information content (AvgIpc) is 1.30. The van der Waals surface area contributed by atoms with Crippen LogP contribution in [0.2, 0.25) is 5.02 Å². The van der Waals surface area contributed by atoms with Crippen molar-refractivity contribution in [3.8, 4) is 6.07 Å². The number of pyridine rings is 1. The summed E-state index contributed by atoms with van der Waals surface area (Å²) in [5.41, 5.74) is 11.7. The van der Waals surface area contributed by atoms with Gasteiger partial charge in [0, 0.05) is 64.4 Å². The quantitative estimate of drug-likeness (QED) is 0.0225. The number of oxime groups is 7. The molecule has 2 aliphatic carbocycles. The first-order chi connectivity index (χ1) is 69.6. The standard InChI is InChI=1S/C22H13F6NO2.C19H14N2O2.C19H15NO2.C16H12ClNO2.C16H13NO2.C12H13NO2.C10H8N2O2.ClH/c23-21(24,25)17-11-16(12-18(13-17)22(26,27)28)20(30)31-29-19(14-7-3-1-4-8-14)15-9-5-2-6-10-15;22-19(16-11-5-2-6-12-16)23-21-18(15-9-3-1-4-10-15)17-13-7-8-14-20-17;1-14(15-8-3-2-4-9-15)20-22-19(21)18-13-7-11-16-10-5-6-12-17(16)18;17-14-7-3-6-13(8-14)16(19)20-18-15-9-11-4-1-2-5-12(11)10-15;18-16(13-7-2-1-3-8-13)19-17-15-11-10-12-6-4-5-9-14(12)15;1-9(2)12(14)15-13-10(3)11-7-5-4-6-8-11;1-8(13)14-12-10(7-11)9-5-3-2-4-6-9;/h1-13H;1-14H;2-13H,1H3;1-8H,9-10H2;1-9H,10-11H2;4-8H,1H2,2-3H3;2-6H,1H3;1H/b;21-18+;20-14+;;17-15+;13-10+;12-10+;. The molecule has 0 saturated heterocycles. The maximum Gasteiger partial charge on any atom is 1.00 e. The van der Waals surface area contributed by atoms with Crippen molar-refractivity contribution in [2.24, 2.45) is 36.1 Å². The minimum absolute atomic E-state index is 0. The number of nitriles is 1. The third-order valence-electron chi connectivity index (χ3n) is 20.4. The molecule has 0 aliphatic heterocycles. The van der Waals surface area contributed by atoms with Gasteiger partial charge >= 0.3 is 55.6 Å². The predicted molar refractivity (Wildman–Crippen MR) is 539 cm³/mol. The fourth-order valence-corrected chi connectivity index (χ4v) is 13.5. The van der Waals surface area contributed by atoms with Gasteiger partial charge in [0.15, 0.2) is 5.71 Å². The molecule has 0 fully saturated rings. The number of aryl methyl sites for hydroxylation is 1. The SMILES string of the molecule is C/C(=N\OC(=O)c1cccc2ccccc12)c1ccccc1.C=C(C)C(=O)O/N=C(\C)c1ccccc1.CC(=O)O/N=C(\C#N)c1ccccc1.O=C(O/N=C(\c1ccccc1)c1ccccn1)c1ccccc1.O=C(O/N=C1\CCc2ccccc21)c1ccccc1.O=C(ON=C(c1ccccc1)c1ccccc1)c1cc(C(F)(F)F)cc(C(F)(F)F)c1.O=C(ON=C1Cc2ccccc2C1)c1cccc(Cl)c1.[Cl-].[H+]. The van der Waals surface area contributed by atoms with E-state index in [4.69, 9.17) is 41.1 Å². The highest BCUT2D eigenvalue weighted by Crippen LogP contribution is 2.37. The van der Waals surface area contributed by atoms with Crippen LogP contribution in [0.3, 0.4) is 0 Å². The summed E-state index contributed by atoms with van der Waals surface area (Å²) in [5, 5.41) is 37.9. The van der Waals surface area contributed by atoms with E-state index in [0.29, 0.717) is 72.4 Å². The normalized spacial score (nSPS) is 11.9. The third kappa shape index (κ3) is 34.4. The van der Waals surface area contributed by atoms with Crippen LogP contribution in [0.4, 0.5) is 26.3 Å². The molecule has 0 radical (unpaired) electrons. The minimum atomic E-state index is -5.08. The van der Waals surface area contributed by atoms with Gasteiger partial charge in [0.1, 0.15) is 17.5 Å². The van der Waals surface area contributed by atoms with Gasteiger partial charge in [-0.1, -0.05) is 370 Å². The van der Waals surface area contributed by atoms with Gasteiger partial charge in [-0.15, -0.1) is 0 Å². The number of nitrogens with zero attached hydrogens (tertiary/aromatic N) is 9. The Bertz CT molecular complexity index is 7100. The zero-order chi connectivity index (χ0) is 103. The average molecular weight is 1990 g/mol. The summed E-state index contributed by atoms with van der Waals surface area (Å²) >= 11 is 5.83. The Morgan fingerprint density at radius 3 is 1.24 bits per heavy atom. The third-order valence-corrected chi connectivity index (χ3v) is 20.7. The highest BCUT2D eigenvalue weighted by Gasteiger charge is 2.38. The number of halogens is 8. The first-order valence-corrected chi connectivity index (χ1v) is 44.4. The number of carbonyl (C=O) groups excluding carboxylic acids is 7. The second kappa shape index (κ2) is 55.6. The summed E-state index contributed by atoms with van der Waals surface area (Å²) in [7, 11) is 0. The number of fused-ring (bicyclic) bond motifs is 3. The first-order valence-electron chi connectivity index (χ1n) is 44.1. The van der Waals surface area contributed by atoms with E-state index in [-0.39, 0.29) is 43.5 Å². The van der Waals surface area contributed by atoms with Gasteiger partial charge in [0.2, 0.25) is 0 Å². The molecule has 15 aromatic rings. The van der Waals surface area contributed by atoms with Crippen LogP contribution < -0.4 is 12.4 Å². The molecule has 1 heterocycles. The molecule has 14 aromatic carbocycles. The highest BCUT2D eigenvalue weighted by molar-refractivity contribution is 6.31. The van der Waals surface area contributed by atoms with E-state index in [0.717, 1.165) is 70.1 Å². The van der Waals surface area contributed by atoms with Gasteiger partial charge in [-0.3, -0.25) is 4.98 Å². The summed E-state index contributed by atoms with van der Waals surface area (Å²) < 4.78 is 78.1. The fraction of sp³-hybridized carbons (Fsp3) is 0.0877. The van der Waals surface area contributed by atoms with E-state index in [1.54, 1.807) is 184 Å². The maximum atomic E-state index is 13.0. The van der Waals surface area contributed by atoms with Crippen LogP contribution >= 0.6 is 11.6 Å². The van der Waals surface area contributed by atoms with Crippen LogP contribution in [0.15, 0.2) is 449 Å². The largest absolute Gasteiger partial charge is 1.00 e. The van der Waals surface area contributed by atoms with E-state index in [1.165, 1.54) is 23.6 Å². The molecule has 1 aromatic heterocycles. The number of rotatable bonds is 20. The molecule has 23 nitrogen and oxygen atoms in total. The molecule has 730 valence electrons. The number of aromatic nitrogens is 1. The first kappa shape index (κ1) is 109. The maximum absolute atomic E-state index is 13.0. The lowest BCUT2D eigenvalue weighted by Gasteiger charge is -2.13. The molecular weight excluding hydrogens is 1900 g/mol. The molecule has 2 aliphatic rings. The van der Waals surface area contributed by atoms with Crippen molar-refractivity contribution in [2.75, 3.05) is 0 Å². The van der Waals surface area contributed by atoms with Crippen molar-refractivity contribution in [1.82, 2.24) is 4.98 Å². The lowest BCUT2D eigenvalue weighted by Crippen LogP contribution is -3.00. The van der Waals surface area contributed by atoms with Crippen molar-refractivity contribution in [2.45, 2.75) is 65.7 Å². The Morgan fingerprint density at radius 2 is 0.759 bits per heavy atom. The topological polar surface area (TPSA) is 307 Å². The Balaban J connectivity index is 0.000000192. The van der Waals surface area contributed by atoms with Gasteiger partial charge in [-0.2, -0.15) is 31.6 Å². The number of hydrogen-bond donors (Lipinski definition) is 0. The molecule has 0 N–H and O–H groups in total. The Labute approximate surface area is 842 Å². The molecule has 145 heavy (non-hydrogen) atoms. The van der Waals surface area contributed by atoms with Crippen LogP contribution in [-0.2, 0) is 75.1 Å². The summed E-state index contributed by atoms with van der Waals surface area (Å²) in [5.74, 6) is -4.38. The minimum Gasteiger partial charge on any atom is -1.00 e. The molecular formula is C114H89Cl2F6N9O14. The zero-order valence-corrected chi connectivity index (χ0v) is 79.4. The van der Waals surface area contributed by atoms with Crippen LogP contribution in [0.1, 0.15) is 160 Å². The number of benzene rings is 14. The number of carbonyl (C=O) groups is 7. The predicted octanol–water partition coefficient (Wildman–Crippen LogP) is 22.4. The van der Waals surface area contributed by atoms with E-state index >= 15 is 0 Å².